The van der Waals surface area contributed by atoms with Gasteiger partial charge < -0.3 is 10.0 Å². The van der Waals surface area contributed by atoms with Crippen molar-refractivity contribution in [2.24, 2.45) is 5.92 Å². The normalized spacial score (nSPS) is 19.3. The Morgan fingerprint density at radius 2 is 2.24 bits per heavy atom. The largest absolute Gasteiger partial charge is 0.393 e. The minimum absolute atomic E-state index is 0.0690. The lowest BCUT2D eigenvalue weighted by Gasteiger charge is -2.33. The van der Waals surface area contributed by atoms with Gasteiger partial charge >= 0.3 is 0 Å². The van der Waals surface area contributed by atoms with Gasteiger partial charge in [0.25, 0.3) is 0 Å². The number of hydrogen-bond donors (Lipinski definition) is 1. The lowest BCUT2D eigenvalue weighted by Crippen LogP contribution is -2.42. The number of amides is 1. The van der Waals surface area contributed by atoms with E-state index in [4.69, 9.17) is 0 Å². The standard InChI is InChI=1S/C11H18N4O2/c1-9(16)10-2-5-14(6-3-10)11(17)8-15-7-4-12-13-15/h4,7,9-10,16H,2-3,5-6,8H2,1H3. The van der Waals surface area contributed by atoms with Crippen molar-refractivity contribution in [3.8, 4) is 0 Å². The Morgan fingerprint density at radius 1 is 1.53 bits per heavy atom. The van der Waals surface area contributed by atoms with Crippen LogP contribution in [0.1, 0.15) is 19.8 Å². The van der Waals surface area contributed by atoms with Gasteiger partial charge in [-0.1, -0.05) is 5.21 Å². The van der Waals surface area contributed by atoms with E-state index in [-0.39, 0.29) is 18.6 Å². The molecule has 2 heterocycles. The van der Waals surface area contributed by atoms with Gasteiger partial charge in [-0.15, -0.1) is 5.10 Å². The van der Waals surface area contributed by atoms with Crippen molar-refractivity contribution in [1.29, 1.82) is 0 Å². The van der Waals surface area contributed by atoms with Crippen LogP contribution >= 0.6 is 0 Å². The van der Waals surface area contributed by atoms with Gasteiger partial charge in [-0.05, 0) is 25.7 Å². The number of piperidine rings is 1. The summed E-state index contributed by atoms with van der Waals surface area (Å²) in [5, 5.41) is 16.9. The fourth-order valence-corrected chi connectivity index (χ4v) is 2.19. The van der Waals surface area contributed by atoms with Gasteiger partial charge in [0.05, 0.1) is 12.3 Å². The van der Waals surface area contributed by atoms with Crippen molar-refractivity contribution in [3.05, 3.63) is 12.4 Å². The molecule has 1 unspecified atom stereocenters. The highest BCUT2D eigenvalue weighted by Gasteiger charge is 2.25. The minimum atomic E-state index is -0.275. The highest BCUT2D eigenvalue weighted by molar-refractivity contribution is 5.75. The molecule has 0 radical (unpaired) electrons. The van der Waals surface area contributed by atoms with E-state index in [1.165, 1.54) is 4.68 Å². The van der Waals surface area contributed by atoms with Gasteiger partial charge in [-0.25, -0.2) is 4.68 Å². The van der Waals surface area contributed by atoms with E-state index < -0.39 is 0 Å². The van der Waals surface area contributed by atoms with E-state index in [1.807, 2.05) is 11.8 Å². The van der Waals surface area contributed by atoms with Gasteiger partial charge in [0.1, 0.15) is 6.54 Å². The zero-order valence-corrected chi connectivity index (χ0v) is 9.99. The number of rotatable bonds is 3. The number of hydrogen-bond acceptors (Lipinski definition) is 4. The van der Waals surface area contributed by atoms with Crippen LogP contribution in [0, 0.1) is 5.92 Å². The number of carbonyl (C=O) groups excluding carboxylic acids is 1. The van der Waals surface area contributed by atoms with Crippen LogP contribution in [0.3, 0.4) is 0 Å². The fraction of sp³-hybridized carbons (Fsp3) is 0.727. The molecule has 1 aliphatic heterocycles. The predicted octanol–water partition coefficient (Wildman–Crippen LogP) is -0.103. The van der Waals surface area contributed by atoms with Crippen LogP contribution < -0.4 is 0 Å². The molecule has 17 heavy (non-hydrogen) atoms. The van der Waals surface area contributed by atoms with Crippen molar-refractivity contribution in [2.45, 2.75) is 32.4 Å². The highest BCUT2D eigenvalue weighted by Crippen LogP contribution is 2.20. The second kappa shape index (κ2) is 5.27. The number of carbonyl (C=O) groups is 1. The van der Waals surface area contributed by atoms with Crippen molar-refractivity contribution in [3.63, 3.8) is 0 Å². The number of likely N-dealkylation sites (tertiary alicyclic amines) is 1. The third-order valence-electron chi connectivity index (χ3n) is 3.34. The molecule has 0 aliphatic carbocycles. The smallest absolute Gasteiger partial charge is 0.244 e. The SMILES string of the molecule is CC(O)C1CCN(C(=O)Cn2ccnn2)CC1. The van der Waals surface area contributed by atoms with E-state index >= 15 is 0 Å². The molecule has 1 aromatic rings. The molecule has 1 saturated heterocycles. The maximum atomic E-state index is 11.9. The van der Waals surface area contributed by atoms with Crippen LogP contribution in [-0.4, -0.2) is 50.1 Å². The lowest BCUT2D eigenvalue weighted by atomic mass is 9.92. The number of aromatic nitrogens is 3. The van der Waals surface area contributed by atoms with Gasteiger partial charge in [0.2, 0.25) is 5.91 Å². The Kier molecular flexibility index (Phi) is 3.73. The van der Waals surface area contributed by atoms with Crippen molar-refractivity contribution in [1.82, 2.24) is 19.9 Å². The summed E-state index contributed by atoms with van der Waals surface area (Å²) in [6.45, 7) is 3.52. The maximum Gasteiger partial charge on any atom is 0.244 e. The lowest BCUT2D eigenvalue weighted by molar-refractivity contribution is -0.134. The molecule has 6 heteroatoms. The molecular weight excluding hydrogens is 220 g/mol. The topological polar surface area (TPSA) is 71.2 Å². The Bertz CT molecular complexity index is 356. The summed E-state index contributed by atoms with van der Waals surface area (Å²) >= 11 is 0. The van der Waals surface area contributed by atoms with E-state index in [0.717, 1.165) is 25.9 Å². The molecule has 0 spiro atoms. The average molecular weight is 238 g/mol. The van der Waals surface area contributed by atoms with Crippen LogP contribution in [-0.2, 0) is 11.3 Å². The molecule has 2 rings (SSSR count). The molecule has 94 valence electrons. The van der Waals surface area contributed by atoms with Crippen molar-refractivity contribution in [2.75, 3.05) is 13.1 Å². The molecule has 1 atom stereocenters. The van der Waals surface area contributed by atoms with E-state index in [0.29, 0.717) is 5.92 Å². The quantitative estimate of drug-likeness (QED) is 0.798. The summed E-state index contributed by atoms with van der Waals surface area (Å²) in [4.78, 5) is 13.8. The molecule has 1 aliphatic rings. The van der Waals surface area contributed by atoms with E-state index in [9.17, 15) is 9.90 Å². The maximum absolute atomic E-state index is 11.9. The van der Waals surface area contributed by atoms with Crippen LogP contribution in [0.2, 0.25) is 0 Å². The molecule has 1 fully saturated rings. The minimum Gasteiger partial charge on any atom is -0.393 e. The molecule has 0 bridgehead atoms. The summed E-state index contributed by atoms with van der Waals surface area (Å²) in [7, 11) is 0. The Morgan fingerprint density at radius 3 is 2.76 bits per heavy atom. The van der Waals surface area contributed by atoms with Gasteiger partial charge in [-0.3, -0.25) is 4.79 Å². The zero-order valence-electron chi connectivity index (χ0n) is 9.99. The number of aliphatic hydroxyl groups excluding tert-OH is 1. The highest BCUT2D eigenvalue weighted by atomic mass is 16.3. The van der Waals surface area contributed by atoms with Gasteiger partial charge in [-0.2, -0.15) is 0 Å². The zero-order chi connectivity index (χ0) is 12.3. The second-order valence-electron chi connectivity index (χ2n) is 4.56. The molecule has 1 amide bonds. The first-order valence-electron chi connectivity index (χ1n) is 5.97. The van der Waals surface area contributed by atoms with E-state index in [1.54, 1.807) is 12.4 Å². The average Bonchev–Trinajstić information content (AvgIpc) is 2.82. The van der Waals surface area contributed by atoms with Crippen LogP contribution in [0.15, 0.2) is 12.4 Å². The van der Waals surface area contributed by atoms with Crippen molar-refractivity contribution < 1.29 is 9.90 Å². The van der Waals surface area contributed by atoms with Crippen LogP contribution in [0.4, 0.5) is 0 Å². The molecule has 1 N–H and O–H groups in total. The molecular formula is C11H18N4O2. The summed E-state index contributed by atoms with van der Waals surface area (Å²) in [5.74, 6) is 0.393. The molecule has 0 saturated carbocycles. The first-order chi connectivity index (χ1) is 8.16. The molecule has 0 aromatic carbocycles. The Labute approximate surface area is 100 Å². The Balaban J connectivity index is 1.82. The first kappa shape index (κ1) is 12.0. The summed E-state index contributed by atoms with van der Waals surface area (Å²) in [5.41, 5.74) is 0. The Hall–Kier alpha value is -1.43. The number of nitrogens with zero attached hydrogens (tertiary/aromatic N) is 4. The van der Waals surface area contributed by atoms with Crippen molar-refractivity contribution >= 4 is 5.91 Å². The van der Waals surface area contributed by atoms with Gasteiger partial charge in [0.15, 0.2) is 0 Å². The summed E-state index contributed by atoms with van der Waals surface area (Å²) < 4.78 is 1.53. The fourth-order valence-electron chi connectivity index (χ4n) is 2.19. The molecule has 1 aromatic heterocycles. The van der Waals surface area contributed by atoms with Gasteiger partial charge in [0, 0.05) is 19.3 Å². The third kappa shape index (κ3) is 3.03. The summed E-state index contributed by atoms with van der Waals surface area (Å²) in [6, 6.07) is 0. The van der Waals surface area contributed by atoms with Crippen LogP contribution in [0.25, 0.3) is 0 Å². The van der Waals surface area contributed by atoms with Crippen LogP contribution in [0.5, 0.6) is 0 Å². The summed E-state index contributed by atoms with van der Waals surface area (Å²) in [6.07, 6.45) is 4.72. The second-order valence-corrected chi connectivity index (χ2v) is 4.56. The molecule has 6 nitrogen and oxygen atoms in total. The number of aliphatic hydroxyl groups is 1. The predicted molar refractivity (Wildman–Crippen MR) is 61.0 cm³/mol. The van der Waals surface area contributed by atoms with E-state index in [2.05, 4.69) is 10.3 Å². The monoisotopic (exact) mass is 238 g/mol. The third-order valence-corrected chi connectivity index (χ3v) is 3.34. The first-order valence-corrected chi connectivity index (χ1v) is 5.97.